The number of aryl methyl sites for hydroxylation is 1. The summed E-state index contributed by atoms with van der Waals surface area (Å²) in [5, 5.41) is 3.36. The molecule has 9 heteroatoms. The fraction of sp³-hybridized carbons (Fsp3) is 0.115. The maximum atomic E-state index is 12.5. The number of hydrogen-bond acceptors (Lipinski definition) is 5. The van der Waals surface area contributed by atoms with Gasteiger partial charge in [0.1, 0.15) is 6.61 Å². The van der Waals surface area contributed by atoms with Crippen LogP contribution < -0.4 is 14.8 Å². The number of amides is 2. The minimum absolute atomic E-state index is 0.210. The molecule has 0 radical (unpaired) electrons. The summed E-state index contributed by atoms with van der Waals surface area (Å²) in [4.78, 5) is 29.3. The van der Waals surface area contributed by atoms with Crippen molar-refractivity contribution in [1.82, 2.24) is 5.32 Å². The van der Waals surface area contributed by atoms with Crippen LogP contribution in [0.25, 0.3) is 6.08 Å². The number of nitrogens with one attached hydrogen (secondary N) is 1. The van der Waals surface area contributed by atoms with Gasteiger partial charge in [0.25, 0.3) is 11.8 Å². The number of carbonyl (C=O) groups excluding carboxylic acids is 2. The molecule has 2 amide bonds. The maximum absolute atomic E-state index is 12.5. The van der Waals surface area contributed by atoms with Gasteiger partial charge in [0, 0.05) is 15.1 Å². The largest absolute Gasteiger partial charge is 0.493 e. The molecule has 0 atom stereocenters. The molecular weight excluding hydrogens is 552 g/mol. The van der Waals surface area contributed by atoms with Gasteiger partial charge in [-0.25, -0.2) is 0 Å². The monoisotopic (exact) mass is 570 g/mol. The van der Waals surface area contributed by atoms with Gasteiger partial charge in [0.05, 0.1) is 12.0 Å². The quantitative estimate of drug-likeness (QED) is 0.347. The Morgan fingerprint density at radius 2 is 1.83 bits per heavy atom. The number of nitrogens with zero attached hydrogens (tertiary/aromatic N) is 1. The van der Waals surface area contributed by atoms with Crippen molar-refractivity contribution >= 4 is 62.4 Å². The highest BCUT2D eigenvalue weighted by atomic mass is 79.9. The summed E-state index contributed by atoms with van der Waals surface area (Å²) < 4.78 is 12.2. The van der Waals surface area contributed by atoms with Crippen molar-refractivity contribution in [2.45, 2.75) is 13.5 Å². The Hall–Kier alpha value is -3.07. The first-order chi connectivity index (χ1) is 16.8. The summed E-state index contributed by atoms with van der Waals surface area (Å²) in [6, 6.07) is 18.1. The van der Waals surface area contributed by atoms with E-state index >= 15 is 0 Å². The molecule has 1 saturated heterocycles. The Kier molecular flexibility index (Phi) is 7.95. The van der Waals surface area contributed by atoms with E-state index in [1.54, 1.807) is 49.6 Å². The lowest BCUT2D eigenvalue weighted by Gasteiger charge is -2.13. The lowest BCUT2D eigenvalue weighted by molar-refractivity contribution is -0.115. The molecule has 178 valence electrons. The molecule has 0 spiro atoms. The molecular formula is C26H20BrClN2O4S. The Morgan fingerprint density at radius 1 is 1.11 bits per heavy atom. The zero-order valence-electron chi connectivity index (χ0n) is 18.8. The molecule has 3 aromatic rings. The van der Waals surface area contributed by atoms with Gasteiger partial charge in [0.15, 0.2) is 16.7 Å². The van der Waals surface area contributed by atoms with Crippen molar-refractivity contribution in [3.05, 3.63) is 97.3 Å². The van der Waals surface area contributed by atoms with Crippen molar-refractivity contribution < 1.29 is 19.1 Å². The molecule has 6 nitrogen and oxygen atoms in total. The van der Waals surface area contributed by atoms with Crippen molar-refractivity contribution in [3.8, 4) is 11.5 Å². The number of halogens is 2. The highest BCUT2D eigenvalue weighted by Gasteiger charge is 2.25. The van der Waals surface area contributed by atoms with Crippen LogP contribution in [0.15, 0.2) is 75.0 Å². The average Bonchev–Trinajstić information content (AvgIpc) is 3.18. The third-order valence-electron chi connectivity index (χ3n) is 5.03. The van der Waals surface area contributed by atoms with Gasteiger partial charge in [-0.05, 0) is 72.3 Å². The van der Waals surface area contributed by atoms with Gasteiger partial charge in [-0.3, -0.25) is 9.59 Å². The van der Waals surface area contributed by atoms with E-state index in [2.05, 4.69) is 26.2 Å². The standard InChI is InChI=1S/C26H20BrClN2O4S/c1-15-3-5-16(6-4-15)14-34-22-13-20(27)18(11-21(22)33-2)12-23-25(32)30-26(35-23)29-24(31)17-7-9-19(28)10-8-17/h3-13H,14H2,1-2H3,(H,29,30,31,32)/b23-12-. The molecule has 35 heavy (non-hydrogen) atoms. The van der Waals surface area contributed by atoms with E-state index in [1.807, 2.05) is 31.2 Å². The minimum atomic E-state index is -0.469. The Labute approximate surface area is 220 Å². The summed E-state index contributed by atoms with van der Waals surface area (Å²) >= 11 is 10.5. The van der Waals surface area contributed by atoms with E-state index in [4.69, 9.17) is 21.1 Å². The van der Waals surface area contributed by atoms with Crippen LogP contribution in [0.1, 0.15) is 27.0 Å². The Morgan fingerprint density at radius 3 is 2.51 bits per heavy atom. The zero-order chi connectivity index (χ0) is 24.9. The summed E-state index contributed by atoms with van der Waals surface area (Å²) in [6.45, 7) is 2.43. The zero-order valence-corrected chi connectivity index (χ0v) is 22.0. The van der Waals surface area contributed by atoms with Crippen LogP contribution in [-0.4, -0.2) is 24.1 Å². The van der Waals surface area contributed by atoms with Crippen LogP contribution in [0, 0.1) is 6.92 Å². The maximum Gasteiger partial charge on any atom is 0.279 e. The molecule has 0 bridgehead atoms. The SMILES string of the molecule is COc1cc(/C=C2\SC(=NC(=O)c3ccc(Cl)cc3)NC2=O)c(Br)cc1OCc1ccc(C)cc1. The van der Waals surface area contributed by atoms with Gasteiger partial charge in [0.2, 0.25) is 0 Å². The topological polar surface area (TPSA) is 77.0 Å². The summed E-state index contributed by atoms with van der Waals surface area (Å²) in [5.41, 5.74) is 3.32. The Bertz CT molecular complexity index is 1340. The molecule has 0 aromatic heterocycles. The van der Waals surface area contributed by atoms with E-state index in [0.29, 0.717) is 39.2 Å². The summed E-state index contributed by atoms with van der Waals surface area (Å²) in [5.74, 6) is 0.288. The first kappa shape index (κ1) is 25.0. The molecule has 4 rings (SSSR count). The van der Waals surface area contributed by atoms with E-state index in [9.17, 15) is 9.59 Å². The van der Waals surface area contributed by atoms with E-state index in [0.717, 1.165) is 21.8 Å². The Balaban J connectivity index is 1.51. The molecule has 1 heterocycles. The number of hydrogen-bond donors (Lipinski definition) is 1. The van der Waals surface area contributed by atoms with Crippen LogP contribution in [-0.2, 0) is 11.4 Å². The second kappa shape index (κ2) is 11.1. The summed E-state index contributed by atoms with van der Waals surface area (Å²) in [7, 11) is 1.56. The van der Waals surface area contributed by atoms with Crippen LogP contribution in [0.4, 0.5) is 0 Å². The molecule has 0 unspecified atom stereocenters. The number of rotatable bonds is 6. The number of ether oxygens (including phenoxy) is 2. The predicted molar refractivity (Wildman–Crippen MR) is 143 cm³/mol. The fourth-order valence-corrected chi connectivity index (χ4v) is 4.52. The second-order valence-corrected chi connectivity index (χ2v) is 9.91. The van der Waals surface area contributed by atoms with Gasteiger partial charge < -0.3 is 14.8 Å². The van der Waals surface area contributed by atoms with Gasteiger partial charge in [-0.1, -0.05) is 57.4 Å². The first-order valence-electron chi connectivity index (χ1n) is 10.5. The third kappa shape index (κ3) is 6.33. The van der Waals surface area contributed by atoms with Gasteiger partial charge in [-0.15, -0.1) is 0 Å². The number of thioether (sulfide) groups is 1. The van der Waals surface area contributed by atoms with E-state index < -0.39 is 5.91 Å². The third-order valence-corrected chi connectivity index (χ3v) is 6.88. The molecule has 1 aliphatic rings. The number of benzene rings is 3. The number of carbonyl (C=O) groups is 2. The van der Waals surface area contributed by atoms with Crippen molar-refractivity contribution in [2.24, 2.45) is 4.99 Å². The first-order valence-corrected chi connectivity index (χ1v) is 12.5. The van der Waals surface area contributed by atoms with Crippen molar-refractivity contribution in [1.29, 1.82) is 0 Å². The average molecular weight is 572 g/mol. The molecule has 0 aliphatic carbocycles. The number of aliphatic imine (C=N–C) groups is 1. The number of amidine groups is 1. The molecule has 0 saturated carbocycles. The molecule has 1 aliphatic heterocycles. The fourth-order valence-electron chi connectivity index (χ4n) is 3.15. The van der Waals surface area contributed by atoms with Crippen LogP contribution in [0.2, 0.25) is 5.02 Å². The molecule has 1 fully saturated rings. The van der Waals surface area contributed by atoms with Gasteiger partial charge >= 0.3 is 0 Å². The predicted octanol–water partition coefficient (Wildman–Crippen LogP) is 6.40. The highest BCUT2D eigenvalue weighted by Crippen LogP contribution is 2.37. The molecule has 1 N–H and O–H groups in total. The highest BCUT2D eigenvalue weighted by molar-refractivity contribution is 9.10. The summed E-state index contributed by atoms with van der Waals surface area (Å²) in [6.07, 6.45) is 1.70. The van der Waals surface area contributed by atoms with E-state index in [-0.39, 0.29) is 11.1 Å². The van der Waals surface area contributed by atoms with Crippen LogP contribution >= 0.6 is 39.3 Å². The smallest absolute Gasteiger partial charge is 0.279 e. The van der Waals surface area contributed by atoms with Crippen molar-refractivity contribution in [3.63, 3.8) is 0 Å². The normalized spacial score (nSPS) is 15.4. The van der Waals surface area contributed by atoms with E-state index in [1.165, 1.54) is 5.56 Å². The lowest BCUT2D eigenvalue weighted by Crippen LogP contribution is -2.20. The second-order valence-electron chi connectivity index (χ2n) is 7.59. The van der Waals surface area contributed by atoms with Crippen molar-refractivity contribution in [2.75, 3.05) is 7.11 Å². The number of methoxy groups -OCH3 is 1. The van der Waals surface area contributed by atoms with Crippen LogP contribution in [0.5, 0.6) is 11.5 Å². The van der Waals surface area contributed by atoms with Gasteiger partial charge in [-0.2, -0.15) is 4.99 Å². The lowest BCUT2D eigenvalue weighted by atomic mass is 10.1. The van der Waals surface area contributed by atoms with Crippen LogP contribution in [0.3, 0.4) is 0 Å². The minimum Gasteiger partial charge on any atom is -0.493 e. The molecule has 3 aromatic carbocycles.